The molecule has 0 aliphatic heterocycles. The summed E-state index contributed by atoms with van der Waals surface area (Å²) < 4.78 is 0. The van der Waals surface area contributed by atoms with Crippen LogP contribution >= 0.6 is 0 Å². The average Bonchev–Trinajstić information content (AvgIpc) is 2.76. The fourth-order valence-corrected chi connectivity index (χ4v) is 3.62. The van der Waals surface area contributed by atoms with E-state index in [1.54, 1.807) is 30.3 Å². The quantitative estimate of drug-likeness (QED) is 0.635. The molecule has 2 aromatic rings. The van der Waals surface area contributed by atoms with Crippen molar-refractivity contribution < 1.29 is 4.79 Å². The molecule has 1 N–H and O–H groups in total. The maximum atomic E-state index is 12.0. The highest BCUT2D eigenvalue weighted by atomic mass is 16.2. The summed E-state index contributed by atoms with van der Waals surface area (Å²) in [7, 11) is 1.73. The molecule has 0 saturated heterocycles. The first-order valence-electron chi connectivity index (χ1n) is 11.2. The minimum atomic E-state index is 0.0440. The molecule has 0 radical (unpaired) electrons. The second kappa shape index (κ2) is 12.0. The van der Waals surface area contributed by atoms with Gasteiger partial charge in [0.05, 0.1) is 29.2 Å². The summed E-state index contributed by atoms with van der Waals surface area (Å²) in [6.45, 7) is 8.12. The number of aryl methyl sites for hydroxylation is 2. The molecule has 1 aromatic carbocycles. The maximum absolute atomic E-state index is 12.0. The Kier molecular flexibility index (Phi) is 9.45. The van der Waals surface area contributed by atoms with E-state index in [0.29, 0.717) is 29.3 Å². The molecule has 1 amide bonds. The highest BCUT2D eigenvalue weighted by Crippen LogP contribution is 2.23. The van der Waals surface area contributed by atoms with Crippen molar-refractivity contribution in [3.63, 3.8) is 0 Å². The van der Waals surface area contributed by atoms with Crippen molar-refractivity contribution in [2.24, 2.45) is 5.92 Å². The van der Waals surface area contributed by atoms with Crippen LogP contribution in [-0.4, -0.2) is 22.9 Å². The normalized spacial score (nSPS) is 13.5. The van der Waals surface area contributed by atoms with Crippen molar-refractivity contribution in [2.45, 2.75) is 72.6 Å². The van der Waals surface area contributed by atoms with Gasteiger partial charge >= 0.3 is 0 Å². The lowest BCUT2D eigenvalue weighted by Crippen LogP contribution is -2.27. The number of anilines is 3. The van der Waals surface area contributed by atoms with Crippen molar-refractivity contribution in [2.75, 3.05) is 17.3 Å². The highest BCUT2D eigenvalue weighted by Gasteiger charge is 2.14. The first-order valence-corrected chi connectivity index (χ1v) is 11.2. The van der Waals surface area contributed by atoms with Crippen LogP contribution in [0, 0.1) is 31.1 Å². The Bertz CT molecular complexity index is 913. The number of benzene rings is 1. The van der Waals surface area contributed by atoms with Crippen LogP contribution in [0.2, 0.25) is 0 Å². The lowest BCUT2D eigenvalue weighted by Gasteiger charge is -2.19. The minimum Gasteiger partial charge on any atom is -0.324 e. The molecule has 1 saturated carbocycles. The standard InChI is InChI=1S/C18H21N5O.C7H14/c1-5-6-17(24)23(4)16-11-20-18(21-13(16)3)22-15-9-14(10-19)8-7-12(15)2;1-7-5-3-2-4-6-7/h7-9,11H,5-6H2,1-4H3,(H,20,21,22);7H,2-6H2,1H3. The van der Waals surface area contributed by atoms with Gasteiger partial charge in [-0.2, -0.15) is 5.26 Å². The van der Waals surface area contributed by atoms with E-state index in [1.165, 1.54) is 32.1 Å². The van der Waals surface area contributed by atoms with Crippen LogP contribution in [0.1, 0.15) is 75.6 Å². The number of rotatable bonds is 5. The second-order valence-electron chi connectivity index (χ2n) is 8.38. The van der Waals surface area contributed by atoms with Gasteiger partial charge in [0.1, 0.15) is 0 Å². The van der Waals surface area contributed by atoms with E-state index < -0.39 is 0 Å². The molecule has 3 rings (SSSR count). The van der Waals surface area contributed by atoms with Gasteiger partial charge in [-0.1, -0.05) is 52.0 Å². The molecule has 1 aromatic heterocycles. The van der Waals surface area contributed by atoms with Crippen LogP contribution in [0.5, 0.6) is 0 Å². The SMILES string of the molecule is CC1CCCCC1.CCCC(=O)N(C)c1cnc(Nc2cc(C#N)ccc2C)nc1C. The van der Waals surface area contributed by atoms with E-state index in [9.17, 15) is 4.79 Å². The Morgan fingerprint density at radius 1 is 1.26 bits per heavy atom. The van der Waals surface area contributed by atoms with Crippen molar-refractivity contribution in [1.29, 1.82) is 5.26 Å². The molecule has 0 atom stereocenters. The zero-order chi connectivity index (χ0) is 22.8. The van der Waals surface area contributed by atoms with E-state index >= 15 is 0 Å². The molecular formula is C25H35N5O. The molecule has 1 aliphatic carbocycles. The molecule has 0 unspecified atom stereocenters. The molecule has 1 aliphatic rings. The summed E-state index contributed by atoms with van der Waals surface area (Å²) in [5.41, 5.74) is 3.77. The predicted molar refractivity (Wildman–Crippen MR) is 127 cm³/mol. The summed E-state index contributed by atoms with van der Waals surface area (Å²) in [5, 5.41) is 12.1. The zero-order valence-electron chi connectivity index (χ0n) is 19.5. The van der Waals surface area contributed by atoms with Gasteiger partial charge in [0.15, 0.2) is 0 Å². The van der Waals surface area contributed by atoms with E-state index in [1.807, 2.05) is 26.8 Å². The monoisotopic (exact) mass is 421 g/mol. The predicted octanol–water partition coefficient (Wildman–Crippen LogP) is 6.06. The summed E-state index contributed by atoms with van der Waals surface area (Å²) in [6, 6.07) is 7.52. The van der Waals surface area contributed by atoms with Gasteiger partial charge in [-0.3, -0.25) is 4.79 Å². The number of nitrogens with zero attached hydrogens (tertiary/aromatic N) is 4. The molecule has 0 spiro atoms. The third-order valence-corrected chi connectivity index (χ3v) is 5.66. The first-order chi connectivity index (χ1) is 14.8. The van der Waals surface area contributed by atoms with E-state index in [4.69, 9.17) is 5.26 Å². The van der Waals surface area contributed by atoms with Crippen molar-refractivity contribution >= 4 is 23.2 Å². The molecule has 1 fully saturated rings. The molecule has 6 heteroatoms. The summed E-state index contributed by atoms with van der Waals surface area (Å²) >= 11 is 0. The van der Waals surface area contributed by atoms with Crippen LogP contribution in [-0.2, 0) is 4.79 Å². The van der Waals surface area contributed by atoms with Crippen molar-refractivity contribution in [3.8, 4) is 6.07 Å². The largest absolute Gasteiger partial charge is 0.324 e. The van der Waals surface area contributed by atoms with Gasteiger partial charge in [-0.15, -0.1) is 0 Å². The van der Waals surface area contributed by atoms with Crippen molar-refractivity contribution in [3.05, 3.63) is 41.2 Å². The number of hydrogen-bond donors (Lipinski definition) is 1. The Labute approximate surface area is 186 Å². The fraction of sp³-hybridized carbons (Fsp3) is 0.520. The Morgan fingerprint density at radius 3 is 2.52 bits per heavy atom. The van der Waals surface area contributed by atoms with Crippen molar-refractivity contribution in [1.82, 2.24) is 9.97 Å². The topological polar surface area (TPSA) is 81.9 Å². The molecule has 31 heavy (non-hydrogen) atoms. The molecular weight excluding hydrogens is 386 g/mol. The van der Waals surface area contributed by atoms with Gasteiger partial charge in [-0.25, -0.2) is 9.97 Å². The lowest BCUT2D eigenvalue weighted by molar-refractivity contribution is -0.118. The average molecular weight is 422 g/mol. The van der Waals surface area contributed by atoms with E-state index in [2.05, 4.69) is 28.3 Å². The number of hydrogen-bond acceptors (Lipinski definition) is 5. The molecule has 166 valence electrons. The zero-order valence-corrected chi connectivity index (χ0v) is 19.5. The van der Waals surface area contributed by atoms with Gasteiger partial charge in [0.25, 0.3) is 0 Å². The third kappa shape index (κ3) is 7.36. The highest BCUT2D eigenvalue weighted by molar-refractivity contribution is 5.93. The minimum absolute atomic E-state index is 0.0440. The third-order valence-electron chi connectivity index (χ3n) is 5.66. The lowest BCUT2D eigenvalue weighted by atomic mass is 9.91. The van der Waals surface area contributed by atoms with Crippen LogP contribution < -0.4 is 10.2 Å². The maximum Gasteiger partial charge on any atom is 0.227 e. The number of aromatic nitrogens is 2. The smallest absolute Gasteiger partial charge is 0.227 e. The van der Waals surface area contributed by atoms with Crippen LogP contribution in [0.25, 0.3) is 0 Å². The summed E-state index contributed by atoms with van der Waals surface area (Å²) in [4.78, 5) is 22.3. The van der Waals surface area contributed by atoms with Crippen LogP contribution in [0.4, 0.5) is 17.3 Å². The van der Waals surface area contributed by atoms with Crippen LogP contribution in [0.15, 0.2) is 24.4 Å². The number of nitriles is 1. The number of carbonyl (C=O) groups is 1. The second-order valence-corrected chi connectivity index (χ2v) is 8.38. The molecule has 1 heterocycles. The van der Waals surface area contributed by atoms with Crippen LogP contribution in [0.3, 0.4) is 0 Å². The van der Waals surface area contributed by atoms with Gasteiger partial charge in [0.2, 0.25) is 11.9 Å². The number of nitrogens with one attached hydrogen (secondary N) is 1. The molecule has 6 nitrogen and oxygen atoms in total. The van der Waals surface area contributed by atoms with Gasteiger partial charge in [-0.05, 0) is 43.9 Å². The van der Waals surface area contributed by atoms with E-state index in [-0.39, 0.29) is 5.91 Å². The van der Waals surface area contributed by atoms with Gasteiger partial charge < -0.3 is 10.2 Å². The Balaban J connectivity index is 0.000000412. The first kappa shape index (κ1) is 24.3. The fourth-order valence-electron chi connectivity index (χ4n) is 3.62. The summed E-state index contributed by atoms with van der Waals surface area (Å²) in [5.74, 6) is 1.52. The Morgan fingerprint density at radius 2 is 1.97 bits per heavy atom. The number of amides is 1. The summed E-state index contributed by atoms with van der Waals surface area (Å²) in [6.07, 6.45) is 10.4. The van der Waals surface area contributed by atoms with Gasteiger partial charge in [0, 0.05) is 19.2 Å². The van der Waals surface area contributed by atoms with E-state index in [0.717, 1.165) is 23.6 Å². The molecule has 0 bridgehead atoms. The number of carbonyl (C=O) groups excluding carboxylic acids is 1. The Hall–Kier alpha value is -2.94.